The SMILES string of the molecule is CNC(CO)(CN1C(C)CCCC1C)C1CC1. The molecule has 0 aromatic heterocycles. The van der Waals surface area contributed by atoms with Crippen LogP contribution >= 0.6 is 0 Å². The van der Waals surface area contributed by atoms with Crippen molar-refractivity contribution in [3.05, 3.63) is 0 Å². The Morgan fingerprint density at radius 3 is 2.18 bits per heavy atom. The Balaban J connectivity index is 2.05. The van der Waals surface area contributed by atoms with Gasteiger partial charge in [0.25, 0.3) is 0 Å². The Morgan fingerprint density at radius 2 is 1.76 bits per heavy atom. The lowest BCUT2D eigenvalue weighted by Gasteiger charge is -2.45. The quantitative estimate of drug-likeness (QED) is 0.766. The summed E-state index contributed by atoms with van der Waals surface area (Å²) in [5.41, 5.74) is -0.0557. The van der Waals surface area contributed by atoms with Crippen molar-refractivity contribution >= 4 is 0 Å². The summed E-state index contributed by atoms with van der Waals surface area (Å²) < 4.78 is 0. The second-order valence-corrected chi connectivity index (χ2v) is 6.14. The molecule has 0 amide bonds. The molecular formula is C14H28N2O. The highest BCUT2D eigenvalue weighted by molar-refractivity contribution is 5.03. The van der Waals surface area contributed by atoms with Gasteiger partial charge in [0.15, 0.2) is 0 Å². The number of hydrogen-bond acceptors (Lipinski definition) is 3. The molecule has 2 rings (SSSR count). The van der Waals surface area contributed by atoms with Gasteiger partial charge in [-0.15, -0.1) is 0 Å². The van der Waals surface area contributed by atoms with Gasteiger partial charge in [-0.05, 0) is 52.5 Å². The number of rotatable bonds is 5. The third kappa shape index (κ3) is 2.67. The number of nitrogens with one attached hydrogen (secondary N) is 1. The van der Waals surface area contributed by atoms with Gasteiger partial charge in [0.1, 0.15) is 0 Å². The topological polar surface area (TPSA) is 35.5 Å². The zero-order valence-electron chi connectivity index (χ0n) is 11.6. The van der Waals surface area contributed by atoms with E-state index in [9.17, 15) is 5.11 Å². The predicted octanol–water partition coefficient (Wildman–Crippen LogP) is 1.61. The Labute approximate surface area is 106 Å². The van der Waals surface area contributed by atoms with Gasteiger partial charge in [0, 0.05) is 18.6 Å². The molecule has 3 nitrogen and oxygen atoms in total. The van der Waals surface area contributed by atoms with Crippen LogP contribution in [0.5, 0.6) is 0 Å². The third-order valence-electron chi connectivity index (χ3n) is 4.98. The van der Waals surface area contributed by atoms with Crippen molar-refractivity contribution in [3.63, 3.8) is 0 Å². The normalized spacial score (nSPS) is 34.6. The summed E-state index contributed by atoms with van der Waals surface area (Å²) in [5.74, 6) is 0.679. The van der Waals surface area contributed by atoms with E-state index in [0.717, 1.165) is 6.54 Å². The van der Waals surface area contributed by atoms with Gasteiger partial charge in [0.05, 0.1) is 12.1 Å². The number of aliphatic hydroxyl groups excluding tert-OH is 1. The van der Waals surface area contributed by atoms with Crippen LogP contribution in [0.3, 0.4) is 0 Å². The summed E-state index contributed by atoms with van der Waals surface area (Å²) in [4.78, 5) is 2.61. The first kappa shape index (κ1) is 13.3. The highest BCUT2D eigenvalue weighted by Gasteiger charge is 2.46. The van der Waals surface area contributed by atoms with Crippen molar-refractivity contribution in [1.29, 1.82) is 0 Å². The van der Waals surface area contributed by atoms with Gasteiger partial charge in [-0.1, -0.05) is 6.42 Å². The second-order valence-electron chi connectivity index (χ2n) is 6.14. The highest BCUT2D eigenvalue weighted by Crippen LogP contribution is 2.41. The van der Waals surface area contributed by atoms with Crippen LogP contribution in [0.4, 0.5) is 0 Å². The van der Waals surface area contributed by atoms with E-state index >= 15 is 0 Å². The summed E-state index contributed by atoms with van der Waals surface area (Å²) in [6.45, 7) is 5.94. The molecule has 1 saturated heterocycles. The van der Waals surface area contributed by atoms with Crippen molar-refractivity contribution in [2.75, 3.05) is 20.2 Å². The lowest BCUT2D eigenvalue weighted by atomic mass is 9.89. The van der Waals surface area contributed by atoms with Crippen LogP contribution < -0.4 is 5.32 Å². The van der Waals surface area contributed by atoms with Crippen LogP contribution in [0.1, 0.15) is 46.0 Å². The van der Waals surface area contributed by atoms with Crippen LogP contribution in [-0.2, 0) is 0 Å². The molecule has 2 aliphatic rings. The zero-order chi connectivity index (χ0) is 12.5. The van der Waals surface area contributed by atoms with Crippen LogP contribution in [0, 0.1) is 5.92 Å². The molecule has 3 heteroatoms. The van der Waals surface area contributed by atoms with Crippen molar-refractivity contribution in [3.8, 4) is 0 Å². The number of piperidine rings is 1. The molecule has 0 spiro atoms. The van der Waals surface area contributed by atoms with Gasteiger partial charge in [-0.3, -0.25) is 4.90 Å². The standard InChI is InChI=1S/C14H28N2O/c1-11-5-4-6-12(2)16(11)9-14(10-17,15-3)13-7-8-13/h11-13,15,17H,4-10H2,1-3H3. The fourth-order valence-electron chi connectivity index (χ4n) is 3.42. The monoisotopic (exact) mass is 240 g/mol. The van der Waals surface area contributed by atoms with Gasteiger partial charge < -0.3 is 10.4 Å². The van der Waals surface area contributed by atoms with E-state index in [1.165, 1.54) is 32.1 Å². The molecule has 2 N–H and O–H groups in total. The molecule has 0 bridgehead atoms. The van der Waals surface area contributed by atoms with Crippen LogP contribution in [0.25, 0.3) is 0 Å². The van der Waals surface area contributed by atoms with Gasteiger partial charge >= 0.3 is 0 Å². The van der Waals surface area contributed by atoms with Crippen molar-refractivity contribution < 1.29 is 5.11 Å². The summed E-state index contributed by atoms with van der Waals surface area (Å²) in [7, 11) is 2.01. The van der Waals surface area contributed by atoms with E-state index < -0.39 is 0 Å². The van der Waals surface area contributed by atoms with E-state index in [0.29, 0.717) is 18.0 Å². The van der Waals surface area contributed by atoms with Crippen LogP contribution in [0.15, 0.2) is 0 Å². The van der Waals surface area contributed by atoms with Crippen LogP contribution in [0.2, 0.25) is 0 Å². The largest absolute Gasteiger partial charge is 0.394 e. The molecule has 3 unspecified atom stereocenters. The number of hydrogen-bond donors (Lipinski definition) is 2. The molecule has 0 aromatic carbocycles. The van der Waals surface area contributed by atoms with Crippen LogP contribution in [-0.4, -0.2) is 47.8 Å². The van der Waals surface area contributed by atoms with Crippen molar-refractivity contribution in [1.82, 2.24) is 10.2 Å². The minimum atomic E-state index is -0.0557. The predicted molar refractivity (Wildman–Crippen MR) is 71.1 cm³/mol. The average Bonchev–Trinajstić information content (AvgIpc) is 3.14. The fraction of sp³-hybridized carbons (Fsp3) is 1.00. The van der Waals surface area contributed by atoms with E-state index in [1.54, 1.807) is 0 Å². The maximum absolute atomic E-state index is 9.80. The maximum atomic E-state index is 9.80. The van der Waals surface area contributed by atoms with E-state index in [4.69, 9.17) is 0 Å². The lowest BCUT2D eigenvalue weighted by molar-refractivity contribution is 0.0345. The molecule has 1 aliphatic carbocycles. The number of likely N-dealkylation sites (tertiary alicyclic amines) is 1. The fourth-order valence-corrected chi connectivity index (χ4v) is 3.42. The van der Waals surface area contributed by atoms with Gasteiger partial charge in [-0.2, -0.15) is 0 Å². The summed E-state index contributed by atoms with van der Waals surface area (Å²) in [6, 6.07) is 1.33. The molecule has 1 aliphatic heterocycles. The lowest BCUT2D eigenvalue weighted by Crippen LogP contribution is -2.60. The highest BCUT2D eigenvalue weighted by atomic mass is 16.3. The minimum absolute atomic E-state index is 0.0557. The summed E-state index contributed by atoms with van der Waals surface area (Å²) >= 11 is 0. The average molecular weight is 240 g/mol. The first-order chi connectivity index (χ1) is 8.13. The zero-order valence-corrected chi connectivity index (χ0v) is 11.6. The molecule has 17 heavy (non-hydrogen) atoms. The van der Waals surface area contributed by atoms with Gasteiger partial charge in [-0.25, -0.2) is 0 Å². The summed E-state index contributed by atoms with van der Waals surface area (Å²) in [6.07, 6.45) is 6.52. The molecule has 1 heterocycles. The van der Waals surface area contributed by atoms with E-state index in [-0.39, 0.29) is 12.1 Å². The van der Waals surface area contributed by atoms with E-state index in [2.05, 4.69) is 24.1 Å². The number of nitrogens with zero attached hydrogens (tertiary/aromatic N) is 1. The third-order valence-corrected chi connectivity index (χ3v) is 4.98. The Bertz CT molecular complexity index is 239. The number of likely N-dealkylation sites (N-methyl/N-ethyl adjacent to an activating group) is 1. The minimum Gasteiger partial charge on any atom is -0.394 e. The Kier molecular flexibility index (Phi) is 4.11. The van der Waals surface area contributed by atoms with Crippen molar-refractivity contribution in [2.24, 2.45) is 5.92 Å². The first-order valence-corrected chi connectivity index (χ1v) is 7.18. The molecule has 100 valence electrons. The molecule has 0 radical (unpaired) electrons. The van der Waals surface area contributed by atoms with Crippen molar-refractivity contribution in [2.45, 2.75) is 63.6 Å². The first-order valence-electron chi connectivity index (χ1n) is 7.18. The summed E-state index contributed by atoms with van der Waals surface area (Å²) in [5, 5.41) is 13.2. The molecule has 2 fully saturated rings. The molecule has 0 aromatic rings. The Hall–Kier alpha value is -0.120. The van der Waals surface area contributed by atoms with Gasteiger partial charge in [0.2, 0.25) is 0 Å². The molecular weight excluding hydrogens is 212 g/mol. The smallest absolute Gasteiger partial charge is 0.0628 e. The number of aliphatic hydroxyl groups is 1. The second kappa shape index (κ2) is 5.25. The molecule has 3 atom stereocenters. The van der Waals surface area contributed by atoms with E-state index in [1.807, 2.05) is 7.05 Å². The Morgan fingerprint density at radius 1 is 1.18 bits per heavy atom. The maximum Gasteiger partial charge on any atom is 0.0628 e. The molecule has 1 saturated carbocycles.